The standard InChI is InChI=1S/C10H9O2/c1-11-9-6-2-4-8-5-3-7-12-10(8)9/h2,4-6H,7H2,1H3. The van der Waals surface area contributed by atoms with Gasteiger partial charge in [-0.25, -0.2) is 0 Å². The molecule has 0 fully saturated rings. The summed E-state index contributed by atoms with van der Waals surface area (Å²) in [5, 5.41) is 0. The van der Waals surface area contributed by atoms with Gasteiger partial charge in [0.2, 0.25) is 0 Å². The van der Waals surface area contributed by atoms with Crippen LogP contribution in [-0.4, -0.2) is 13.7 Å². The summed E-state index contributed by atoms with van der Waals surface area (Å²) in [6, 6.07) is 5.80. The quantitative estimate of drug-likeness (QED) is 0.626. The fourth-order valence-corrected chi connectivity index (χ4v) is 1.23. The third-order valence-corrected chi connectivity index (χ3v) is 1.79. The van der Waals surface area contributed by atoms with Crippen molar-refractivity contribution in [1.82, 2.24) is 0 Å². The summed E-state index contributed by atoms with van der Waals surface area (Å²) in [7, 11) is 1.64. The molecule has 2 heteroatoms. The molecule has 0 spiro atoms. The van der Waals surface area contributed by atoms with Gasteiger partial charge in [-0.1, -0.05) is 12.1 Å². The van der Waals surface area contributed by atoms with Crippen LogP contribution < -0.4 is 9.47 Å². The van der Waals surface area contributed by atoms with Crippen molar-refractivity contribution in [2.45, 2.75) is 0 Å². The molecule has 1 radical (unpaired) electrons. The second kappa shape index (κ2) is 2.89. The molecule has 2 rings (SSSR count). The molecule has 1 aliphatic heterocycles. The molecule has 0 amide bonds. The molecule has 12 heavy (non-hydrogen) atoms. The lowest BCUT2D eigenvalue weighted by molar-refractivity contribution is 0.319. The number of methoxy groups -OCH3 is 1. The normalized spacial score (nSPS) is 13.4. The van der Waals surface area contributed by atoms with Crippen molar-refractivity contribution in [2.24, 2.45) is 0 Å². The zero-order valence-corrected chi connectivity index (χ0v) is 6.83. The Bertz CT molecular complexity index is 316. The van der Waals surface area contributed by atoms with Gasteiger partial charge in [0.25, 0.3) is 0 Å². The van der Waals surface area contributed by atoms with Gasteiger partial charge in [-0.2, -0.15) is 0 Å². The summed E-state index contributed by atoms with van der Waals surface area (Å²) in [5.41, 5.74) is 1.03. The van der Waals surface area contributed by atoms with Gasteiger partial charge in [-0.3, -0.25) is 0 Å². The highest BCUT2D eigenvalue weighted by Crippen LogP contribution is 2.33. The van der Waals surface area contributed by atoms with Crippen molar-refractivity contribution in [3.63, 3.8) is 0 Å². The maximum atomic E-state index is 5.38. The monoisotopic (exact) mass is 161 g/mol. The van der Waals surface area contributed by atoms with Gasteiger partial charge in [-0.15, -0.1) is 0 Å². The van der Waals surface area contributed by atoms with Crippen LogP contribution in [0.3, 0.4) is 0 Å². The minimum atomic E-state index is 0.507. The summed E-state index contributed by atoms with van der Waals surface area (Å²) in [6.07, 6.45) is 4.91. The first-order valence-electron chi connectivity index (χ1n) is 3.78. The van der Waals surface area contributed by atoms with Gasteiger partial charge in [-0.05, 0) is 18.2 Å². The van der Waals surface area contributed by atoms with E-state index >= 15 is 0 Å². The zero-order valence-electron chi connectivity index (χ0n) is 6.83. The zero-order chi connectivity index (χ0) is 8.39. The van der Waals surface area contributed by atoms with Gasteiger partial charge < -0.3 is 9.47 Å². The van der Waals surface area contributed by atoms with Gasteiger partial charge in [0.1, 0.15) is 6.61 Å². The van der Waals surface area contributed by atoms with Crippen molar-refractivity contribution in [3.05, 3.63) is 29.8 Å². The Balaban J connectivity index is 2.53. The molecule has 0 saturated carbocycles. The number of para-hydroxylation sites is 1. The highest BCUT2D eigenvalue weighted by Gasteiger charge is 2.10. The Morgan fingerprint density at radius 3 is 3.25 bits per heavy atom. The van der Waals surface area contributed by atoms with E-state index in [9.17, 15) is 0 Å². The lowest BCUT2D eigenvalue weighted by atomic mass is 10.1. The maximum absolute atomic E-state index is 5.38. The average Bonchev–Trinajstić information content (AvgIpc) is 2.17. The largest absolute Gasteiger partial charge is 0.493 e. The molecule has 2 nitrogen and oxygen atoms in total. The van der Waals surface area contributed by atoms with Gasteiger partial charge in [0.05, 0.1) is 7.11 Å². The number of benzene rings is 1. The minimum absolute atomic E-state index is 0.507. The SMILES string of the molecule is COc1cccc2c1OC[C]=C2. The molecule has 0 unspecified atom stereocenters. The smallest absolute Gasteiger partial charge is 0.168 e. The van der Waals surface area contributed by atoms with Crippen molar-refractivity contribution in [1.29, 1.82) is 0 Å². The maximum Gasteiger partial charge on any atom is 0.168 e. The minimum Gasteiger partial charge on any atom is -0.493 e. The number of ether oxygens (including phenoxy) is 2. The first-order chi connectivity index (χ1) is 5.92. The first kappa shape index (κ1) is 7.22. The Hall–Kier alpha value is -1.44. The van der Waals surface area contributed by atoms with Crippen molar-refractivity contribution < 1.29 is 9.47 Å². The van der Waals surface area contributed by atoms with E-state index in [1.165, 1.54) is 0 Å². The fraction of sp³-hybridized carbons (Fsp3) is 0.200. The van der Waals surface area contributed by atoms with Crippen LogP contribution in [0.5, 0.6) is 11.5 Å². The van der Waals surface area contributed by atoms with Crippen LogP contribution in [0, 0.1) is 6.08 Å². The Labute approximate surface area is 71.4 Å². The lowest BCUT2D eigenvalue weighted by Crippen LogP contribution is -2.02. The number of hydrogen-bond donors (Lipinski definition) is 0. The predicted molar refractivity (Wildman–Crippen MR) is 46.2 cm³/mol. The van der Waals surface area contributed by atoms with Crippen molar-refractivity contribution >= 4 is 6.08 Å². The number of fused-ring (bicyclic) bond motifs is 1. The summed E-state index contributed by atoms with van der Waals surface area (Å²) in [4.78, 5) is 0. The molecule has 0 saturated heterocycles. The van der Waals surface area contributed by atoms with Crippen LogP contribution >= 0.6 is 0 Å². The molecular formula is C10H9O2. The van der Waals surface area contributed by atoms with Gasteiger partial charge in [0, 0.05) is 5.56 Å². The summed E-state index contributed by atoms with van der Waals surface area (Å²) in [6.45, 7) is 0.507. The Morgan fingerprint density at radius 1 is 1.50 bits per heavy atom. The molecular weight excluding hydrogens is 152 g/mol. The van der Waals surface area contributed by atoms with Crippen LogP contribution in [-0.2, 0) is 0 Å². The van der Waals surface area contributed by atoms with Crippen LogP contribution in [0.1, 0.15) is 5.56 Å². The van der Waals surface area contributed by atoms with Gasteiger partial charge >= 0.3 is 0 Å². The third-order valence-electron chi connectivity index (χ3n) is 1.79. The molecule has 0 atom stereocenters. The summed E-state index contributed by atoms with van der Waals surface area (Å²) in [5.74, 6) is 1.60. The van der Waals surface area contributed by atoms with E-state index in [1.807, 2.05) is 24.3 Å². The molecule has 1 heterocycles. The van der Waals surface area contributed by atoms with Crippen molar-refractivity contribution in [3.8, 4) is 11.5 Å². The topological polar surface area (TPSA) is 18.5 Å². The van der Waals surface area contributed by atoms with Crippen LogP contribution in [0.15, 0.2) is 18.2 Å². The van der Waals surface area contributed by atoms with E-state index in [2.05, 4.69) is 6.08 Å². The predicted octanol–water partition coefficient (Wildman–Crippen LogP) is 1.90. The highest BCUT2D eigenvalue weighted by atomic mass is 16.5. The lowest BCUT2D eigenvalue weighted by Gasteiger charge is -2.14. The highest BCUT2D eigenvalue weighted by molar-refractivity contribution is 5.62. The van der Waals surface area contributed by atoms with Crippen LogP contribution in [0.25, 0.3) is 6.08 Å². The van der Waals surface area contributed by atoms with Crippen LogP contribution in [0.2, 0.25) is 0 Å². The average molecular weight is 161 g/mol. The third kappa shape index (κ3) is 1.05. The Morgan fingerprint density at radius 2 is 2.42 bits per heavy atom. The molecule has 1 aromatic rings. The first-order valence-corrected chi connectivity index (χ1v) is 3.78. The molecule has 0 aliphatic carbocycles. The Kier molecular flexibility index (Phi) is 1.74. The fourth-order valence-electron chi connectivity index (χ4n) is 1.23. The second-order valence-electron chi connectivity index (χ2n) is 2.52. The van der Waals surface area contributed by atoms with E-state index in [4.69, 9.17) is 9.47 Å². The summed E-state index contributed by atoms with van der Waals surface area (Å²) >= 11 is 0. The number of hydrogen-bond acceptors (Lipinski definition) is 2. The molecule has 61 valence electrons. The molecule has 0 aromatic heterocycles. The van der Waals surface area contributed by atoms with E-state index in [0.29, 0.717) is 6.61 Å². The number of rotatable bonds is 1. The van der Waals surface area contributed by atoms with E-state index < -0.39 is 0 Å². The van der Waals surface area contributed by atoms with Crippen LogP contribution in [0.4, 0.5) is 0 Å². The molecule has 0 bridgehead atoms. The van der Waals surface area contributed by atoms with E-state index in [-0.39, 0.29) is 0 Å². The second-order valence-corrected chi connectivity index (χ2v) is 2.52. The summed E-state index contributed by atoms with van der Waals surface area (Å²) < 4.78 is 10.5. The van der Waals surface area contributed by atoms with E-state index in [1.54, 1.807) is 7.11 Å². The molecule has 1 aliphatic rings. The van der Waals surface area contributed by atoms with E-state index in [0.717, 1.165) is 17.1 Å². The van der Waals surface area contributed by atoms with Gasteiger partial charge in [0.15, 0.2) is 11.5 Å². The molecule has 1 aromatic carbocycles. The van der Waals surface area contributed by atoms with Crippen molar-refractivity contribution in [2.75, 3.05) is 13.7 Å². The molecule has 0 N–H and O–H groups in total.